The Bertz CT molecular complexity index is 657. The van der Waals surface area contributed by atoms with E-state index in [-0.39, 0.29) is 17.3 Å². The predicted molar refractivity (Wildman–Crippen MR) is 78.8 cm³/mol. The molecule has 0 fully saturated rings. The monoisotopic (exact) mass is 307 g/mol. The number of nitro benzene ring substituents is 1. The highest BCUT2D eigenvalue weighted by atomic mass is 32.1. The Kier molecular flexibility index (Phi) is 4.49. The number of hydrogen-bond acceptors (Lipinski definition) is 6. The number of anilines is 1. The molecule has 0 saturated heterocycles. The van der Waals surface area contributed by atoms with Crippen LogP contribution in [-0.4, -0.2) is 21.0 Å². The summed E-state index contributed by atoms with van der Waals surface area (Å²) < 4.78 is 0. The highest BCUT2D eigenvalue weighted by Gasteiger charge is 2.19. The van der Waals surface area contributed by atoms with Crippen LogP contribution in [0, 0.1) is 10.1 Å². The highest BCUT2D eigenvalue weighted by molar-refractivity contribution is 7.09. The number of nitrogens with one attached hydrogen (secondary N) is 1. The third-order valence-electron chi connectivity index (χ3n) is 2.93. The van der Waals surface area contributed by atoms with Crippen LogP contribution in [0.25, 0.3) is 0 Å². The lowest BCUT2D eigenvalue weighted by atomic mass is 10.1. The van der Waals surface area contributed by atoms with Crippen molar-refractivity contribution in [1.29, 1.82) is 0 Å². The number of aromatic carboxylic acids is 1. The number of carboxylic acids is 1. The standard InChI is InChI=1S/C13H13N3O4S/c1-2-10(12-14-5-6-21-12)15-11-4-3-8(16(19)20)7-9(11)13(17)18/h3-7,10,15H,2H2,1H3,(H,17,18). The van der Waals surface area contributed by atoms with E-state index in [2.05, 4.69) is 10.3 Å². The average molecular weight is 307 g/mol. The quantitative estimate of drug-likeness (QED) is 0.626. The smallest absolute Gasteiger partial charge is 0.338 e. The molecule has 0 aliphatic rings. The van der Waals surface area contributed by atoms with Gasteiger partial charge in [0.25, 0.3) is 5.69 Å². The molecule has 0 bridgehead atoms. The fourth-order valence-electron chi connectivity index (χ4n) is 1.88. The number of nitro groups is 1. The Morgan fingerprint density at radius 1 is 1.57 bits per heavy atom. The second-order valence-electron chi connectivity index (χ2n) is 4.27. The molecule has 0 aliphatic carbocycles. The molecule has 2 rings (SSSR count). The Balaban J connectivity index is 2.34. The van der Waals surface area contributed by atoms with Gasteiger partial charge in [-0.25, -0.2) is 9.78 Å². The molecule has 1 heterocycles. The van der Waals surface area contributed by atoms with Gasteiger partial charge in [-0.2, -0.15) is 0 Å². The van der Waals surface area contributed by atoms with Gasteiger partial charge < -0.3 is 10.4 Å². The predicted octanol–water partition coefficient (Wildman–Crippen LogP) is 3.31. The van der Waals surface area contributed by atoms with E-state index in [1.807, 2.05) is 12.3 Å². The molecule has 1 atom stereocenters. The number of thiazole rings is 1. The first-order valence-electron chi connectivity index (χ1n) is 6.20. The number of carboxylic acid groups (broad SMARTS) is 1. The van der Waals surface area contributed by atoms with Gasteiger partial charge in [0.15, 0.2) is 0 Å². The van der Waals surface area contributed by atoms with Gasteiger partial charge >= 0.3 is 5.97 Å². The molecule has 2 aromatic rings. The largest absolute Gasteiger partial charge is 0.478 e. The molecular formula is C13H13N3O4S. The normalized spacial score (nSPS) is 11.9. The van der Waals surface area contributed by atoms with Gasteiger partial charge in [-0.05, 0) is 12.5 Å². The first-order valence-corrected chi connectivity index (χ1v) is 7.08. The van der Waals surface area contributed by atoms with Crippen molar-refractivity contribution in [3.05, 3.63) is 50.5 Å². The van der Waals surface area contributed by atoms with Crippen molar-refractivity contribution < 1.29 is 14.8 Å². The number of hydrogen-bond donors (Lipinski definition) is 2. The summed E-state index contributed by atoms with van der Waals surface area (Å²) >= 11 is 1.47. The average Bonchev–Trinajstić information content (AvgIpc) is 2.98. The summed E-state index contributed by atoms with van der Waals surface area (Å²) in [7, 11) is 0. The molecule has 0 radical (unpaired) electrons. The third-order valence-corrected chi connectivity index (χ3v) is 3.82. The van der Waals surface area contributed by atoms with Crippen LogP contribution < -0.4 is 5.32 Å². The molecule has 0 amide bonds. The van der Waals surface area contributed by atoms with Crippen LogP contribution in [0.15, 0.2) is 29.8 Å². The van der Waals surface area contributed by atoms with Crippen molar-refractivity contribution >= 4 is 28.7 Å². The zero-order valence-electron chi connectivity index (χ0n) is 11.1. The van der Waals surface area contributed by atoms with E-state index in [4.69, 9.17) is 0 Å². The van der Waals surface area contributed by atoms with Gasteiger partial charge in [0.05, 0.1) is 16.5 Å². The van der Waals surface area contributed by atoms with Gasteiger partial charge in [-0.1, -0.05) is 6.92 Å². The van der Waals surface area contributed by atoms with Crippen molar-refractivity contribution in [2.24, 2.45) is 0 Å². The van der Waals surface area contributed by atoms with Crippen molar-refractivity contribution in [1.82, 2.24) is 4.98 Å². The maximum absolute atomic E-state index is 11.3. The number of non-ortho nitro benzene ring substituents is 1. The molecule has 8 heteroatoms. The minimum absolute atomic E-state index is 0.126. The first kappa shape index (κ1) is 14.9. The fraction of sp³-hybridized carbons (Fsp3) is 0.231. The molecule has 110 valence electrons. The lowest BCUT2D eigenvalue weighted by molar-refractivity contribution is -0.384. The minimum Gasteiger partial charge on any atom is -0.478 e. The maximum Gasteiger partial charge on any atom is 0.338 e. The van der Waals surface area contributed by atoms with E-state index in [1.54, 1.807) is 6.20 Å². The molecule has 0 saturated carbocycles. The number of rotatable bonds is 6. The summed E-state index contributed by atoms with van der Waals surface area (Å²) in [5.74, 6) is -1.21. The van der Waals surface area contributed by atoms with Crippen molar-refractivity contribution in [3.8, 4) is 0 Å². The molecule has 21 heavy (non-hydrogen) atoms. The van der Waals surface area contributed by atoms with Crippen LogP contribution in [0.4, 0.5) is 11.4 Å². The van der Waals surface area contributed by atoms with Gasteiger partial charge in [-0.15, -0.1) is 11.3 Å². The van der Waals surface area contributed by atoms with E-state index in [0.717, 1.165) is 11.1 Å². The molecule has 1 unspecified atom stereocenters. The van der Waals surface area contributed by atoms with E-state index < -0.39 is 10.9 Å². The number of carbonyl (C=O) groups is 1. The second kappa shape index (κ2) is 6.31. The highest BCUT2D eigenvalue weighted by Crippen LogP contribution is 2.28. The summed E-state index contributed by atoms with van der Waals surface area (Å²) in [5, 5.41) is 25.7. The van der Waals surface area contributed by atoms with Crippen LogP contribution in [0.5, 0.6) is 0 Å². The number of nitrogens with zero attached hydrogens (tertiary/aromatic N) is 2. The fourth-order valence-corrected chi connectivity index (χ4v) is 2.65. The zero-order chi connectivity index (χ0) is 15.4. The molecule has 2 N–H and O–H groups in total. The van der Waals surface area contributed by atoms with E-state index in [9.17, 15) is 20.0 Å². The molecule has 1 aromatic carbocycles. The van der Waals surface area contributed by atoms with Crippen LogP contribution >= 0.6 is 11.3 Å². The summed E-state index contributed by atoms with van der Waals surface area (Å²) in [6.45, 7) is 1.95. The molecule has 7 nitrogen and oxygen atoms in total. The van der Waals surface area contributed by atoms with Crippen LogP contribution in [0.1, 0.15) is 34.8 Å². The lowest BCUT2D eigenvalue weighted by Crippen LogP contribution is -2.13. The number of benzene rings is 1. The van der Waals surface area contributed by atoms with Crippen LogP contribution in [-0.2, 0) is 0 Å². The summed E-state index contributed by atoms with van der Waals surface area (Å²) in [6.07, 6.45) is 2.39. The number of aromatic nitrogens is 1. The van der Waals surface area contributed by atoms with Gasteiger partial charge in [0.2, 0.25) is 0 Å². The van der Waals surface area contributed by atoms with E-state index in [1.165, 1.54) is 23.5 Å². The van der Waals surface area contributed by atoms with Gasteiger partial charge in [0, 0.05) is 29.4 Å². The third kappa shape index (κ3) is 3.34. The van der Waals surface area contributed by atoms with Gasteiger partial charge in [-0.3, -0.25) is 10.1 Å². The van der Waals surface area contributed by atoms with E-state index in [0.29, 0.717) is 12.1 Å². The van der Waals surface area contributed by atoms with Crippen molar-refractivity contribution in [3.63, 3.8) is 0 Å². The van der Waals surface area contributed by atoms with Crippen molar-refractivity contribution in [2.75, 3.05) is 5.32 Å². The lowest BCUT2D eigenvalue weighted by Gasteiger charge is -2.17. The maximum atomic E-state index is 11.3. The Morgan fingerprint density at radius 3 is 2.86 bits per heavy atom. The molecular weight excluding hydrogens is 294 g/mol. The topological polar surface area (TPSA) is 105 Å². The molecule has 0 spiro atoms. The summed E-state index contributed by atoms with van der Waals surface area (Å²) in [4.78, 5) is 25.6. The molecule has 0 aliphatic heterocycles. The Morgan fingerprint density at radius 2 is 2.33 bits per heavy atom. The summed E-state index contributed by atoms with van der Waals surface area (Å²) in [6, 6.07) is 3.62. The summed E-state index contributed by atoms with van der Waals surface area (Å²) in [5.41, 5.74) is -0.0328. The second-order valence-corrected chi connectivity index (χ2v) is 5.19. The van der Waals surface area contributed by atoms with Crippen molar-refractivity contribution in [2.45, 2.75) is 19.4 Å². The first-order chi connectivity index (χ1) is 10.0. The SMILES string of the molecule is CCC(Nc1ccc([N+](=O)[O-])cc1C(=O)O)c1nccs1. The minimum atomic E-state index is -1.21. The Hall–Kier alpha value is -2.48. The zero-order valence-corrected chi connectivity index (χ0v) is 12.0. The van der Waals surface area contributed by atoms with E-state index >= 15 is 0 Å². The van der Waals surface area contributed by atoms with Crippen LogP contribution in [0.3, 0.4) is 0 Å². The van der Waals surface area contributed by atoms with Gasteiger partial charge in [0.1, 0.15) is 5.01 Å². The Labute approximate surface area is 124 Å². The molecule has 1 aromatic heterocycles. The van der Waals surface area contributed by atoms with Crippen LogP contribution in [0.2, 0.25) is 0 Å².